The van der Waals surface area contributed by atoms with Crippen molar-refractivity contribution in [3.8, 4) is 0 Å². The van der Waals surface area contributed by atoms with Crippen molar-refractivity contribution in [2.75, 3.05) is 27.4 Å². The predicted octanol–water partition coefficient (Wildman–Crippen LogP) is 0.810. The van der Waals surface area contributed by atoms with Crippen LogP contribution in [0.3, 0.4) is 0 Å². The molecule has 0 N–H and O–H groups in total. The minimum atomic E-state index is 0.882. The van der Waals surface area contributed by atoms with Gasteiger partial charge in [-0.2, -0.15) is 0 Å². The summed E-state index contributed by atoms with van der Waals surface area (Å²) in [6.07, 6.45) is 8.20. The van der Waals surface area contributed by atoms with Gasteiger partial charge in [0.15, 0.2) is 0 Å². The number of hydrogen-bond acceptors (Lipinski definition) is 4. The lowest BCUT2D eigenvalue weighted by molar-refractivity contribution is 0.248. The fourth-order valence-corrected chi connectivity index (χ4v) is 1.56. The van der Waals surface area contributed by atoms with Crippen molar-refractivity contribution < 1.29 is 0 Å². The summed E-state index contributed by atoms with van der Waals surface area (Å²) in [5, 5.41) is 0. The normalized spacial score (nSPS) is 20.1. The zero-order valence-electron chi connectivity index (χ0n) is 8.72. The van der Waals surface area contributed by atoms with Crippen LogP contribution < -0.4 is 0 Å². The van der Waals surface area contributed by atoms with Crippen LogP contribution in [0.4, 0.5) is 0 Å². The Balaban J connectivity index is 1.97. The average Bonchev–Trinajstić information content (AvgIpc) is 2.73. The molecule has 2 heterocycles. The summed E-state index contributed by atoms with van der Waals surface area (Å²) in [7, 11) is 4.10. The molecule has 0 aromatic rings. The highest BCUT2D eigenvalue weighted by Crippen LogP contribution is 2.17. The van der Waals surface area contributed by atoms with E-state index in [9.17, 15) is 0 Å². The maximum Gasteiger partial charge on any atom is 0.108 e. The van der Waals surface area contributed by atoms with Crippen LogP contribution in [0.25, 0.3) is 0 Å². The van der Waals surface area contributed by atoms with E-state index in [1.807, 2.05) is 0 Å². The Labute approximate surface area is 85.0 Å². The summed E-state index contributed by atoms with van der Waals surface area (Å²) in [5.41, 5.74) is 0. The summed E-state index contributed by atoms with van der Waals surface area (Å²) in [4.78, 5) is 8.50. The molecule has 0 unspecified atom stereocenters. The fraction of sp³-hybridized carbons (Fsp3) is 0.400. The first-order chi connectivity index (χ1) is 6.66. The van der Waals surface area contributed by atoms with E-state index in [0.717, 1.165) is 19.2 Å². The van der Waals surface area contributed by atoms with E-state index < -0.39 is 0 Å². The molecular formula is C10H16N4. The van der Waals surface area contributed by atoms with E-state index >= 15 is 0 Å². The summed E-state index contributed by atoms with van der Waals surface area (Å²) >= 11 is 0. The van der Waals surface area contributed by atoms with Crippen molar-refractivity contribution in [1.82, 2.24) is 19.6 Å². The highest BCUT2D eigenvalue weighted by atomic mass is 15.4. The lowest BCUT2D eigenvalue weighted by Crippen LogP contribution is -2.31. The zero-order chi connectivity index (χ0) is 10.1. The summed E-state index contributed by atoms with van der Waals surface area (Å²) in [5.74, 6) is 1.02. The summed E-state index contributed by atoms with van der Waals surface area (Å²) in [6, 6.07) is 0. The molecule has 0 radical (unpaired) electrons. The maximum absolute atomic E-state index is 4.08. The van der Waals surface area contributed by atoms with Gasteiger partial charge in [-0.25, -0.2) is 0 Å². The number of nitrogens with zero attached hydrogens (tertiary/aromatic N) is 4. The van der Waals surface area contributed by atoms with Crippen molar-refractivity contribution in [3.05, 3.63) is 37.2 Å². The molecule has 4 heteroatoms. The molecular weight excluding hydrogens is 176 g/mol. The number of rotatable bonds is 2. The van der Waals surface area contributed by atoms with Crippen molar-refractivity contribution in [3.63, 3.8) is 0 Å². The van der Waals surface area contributed by atoms with E-state index in [0.29, 0.717) is 0 Å². The van der Waals surface area contributed by atoms with E-state index in [1.54, 1.807) is 0 Å². The molecule has 0 amide bonds. The van der Waals surface area contributed by atoms with Crippen LogP contribution in [0.1, 0.15) is 0 Å². The first-order valence-electron chi connectivity index (χ1n) is 4.66. The van der Waals surface area contributed by atoms with Gasteiger partial charge in [0.05, 0.1) is 13.3 Å². The smallest absolute Gasteiger partial charge is 0.108 e. The molecule has 0 fully saturated rings. The van der Waals surface area contributed by atoms with E-state index in [4.69, 9.17) is 0 Å². The Morgan fingerprint density at radius 2 is 1.36 bits per heavy atom. The third-order valence-corrected chi connectivity index (χ3v) is 2.42. The van der Waals surface area contributed by atoms with Crippen molar-refractivity contribution in [1.29, 1.82) is 0 Å². The van der Waals surface area contributed by atoms with Crippen LogP contribution in [-0.4, -0.2) is 47.0 Å². The maximum atomic E-state index is 4.08. The van der Waals surface area contributed by atoms with Crippen molar-refractivity contribution >= 4 is 0 Å². The molecule has 14 heavy (non-hydrogen) atoms. The predicted molar refractivity (Wildman–Crippen MR) is 56.4 cm³/mol. The van der Waals surface area contributed by atoms with E-state index in [1.165, 1.54) is 0 Å². The SMILES string of the molecule is C=C(N1C=CN(C)C1)N1C=CN(C)C1. The van der Waals surface area contributed by atoms with E-state index in [-0.39, 0.29) is 0 Å². The standard InChI is InChI=1S/C10H16N4/c1-10(13-6-4-11(2)8-13)14-7-5-12(3)9-14/h4-7H,1,8-9H2,2-3H3. The fourth-order valence-electron chi connectivity index (χ4n) is 1.56. The number of hydrogen-bond donors (Lipinski definition) is 0. The Morgan fingerprint density at radius 3 is 1.64 bits per heavy atom. The highest BCUT2D eigenvalue weighted by Gasteiger charge is 2.18. The van der Waals surface area contributed by atoms with Gasteiger partial charge in [0.25, 0.3) is 0 Å². The van der Waals surface area contributed by atoms with Gasteiger partial charge in [-0.3, -0.25) is 0 Å². The topological polar surface area (TPSA) is 13.0 Å². The van der Waals surface area contributed by atoms with Gasteiger partial charge in [-0.05, 0) is 0 Å². The zero-order valence-corrected chi connectivity index (χ0v) is 8.72. The van der Waals surface area contributed by atoms with Gasteiger partial charge in [0.1, 0.15) is 5.82 Å². The van der Waals surface area contributed by atoms with E-state index in [2.05, 4.69) is 65.1 Å². The molecule has 0 atom stereocenters. The van der Waals surface area contributed by atoms with Crippen LogP contribution in [0.15, 0.2) is 37.2 Å². The Hall–Kier alpha value is -1.58. The molecule has 2 aliphatic rings. The highest BCUT2D eigenvalue weighted by molar-refractivity contribution is 5.09. The molecule has 0 aromatic heterocycles. The third kappa shape index (κ3) is 1.55. The Morgan fingerprint density at radius 1 is 0.929 bits per heavy atom. The van der Waals surface area contributed by atoms with Crippen LogP contribution >= 0.6 is 0 Å². The molecule has 0 bridgehead atoms. The summed E-state index contributed by atoms with van der Waals surface area (Å²) in [6.45, 7) is 5.85. The third-order valence-electron chi connectivity index (χ3n) is 2.42. The van der Waals surface area contributed by atoms with Gasteiger partial charge in [0, 0.05) is 38.9 Å². The van der Waals surface area contributed by atoms with Gasteiger partial charge in [-0.1, -0.05) is 6.58 Å². The quantitative estimate of drug-likeness (QED) is 0.642. The molecule has 0 saturated heterocycles. The lowest BCUT2D eigenvalue weighted by Gasteiger charge is -2.27. The Bertz CT molecular complexity index is 266. The minimum Gasteiger partial charge on any atom is -0.361 e. The molecule has 0 aromatic carbocycles. The monoisotopic (exact) mass is 192 g/mol. The van der Waals surface area contributed by atoms with Crippen LogP contribution in [0, 0.1) is 0 Å². The average molecular weight is 192 g/mol. The summed E-state index contributed by atoms with van der Waals surface area (Å²) < 4.78 is 0. The molecule has 2 rings (SSSR count). The van der Waals surface area contributed by atoms with Gasteiger partial charge in [-0.15, -0.1) is 0 Å². The second kappa shape index (κ2) is 3.29. The van der Waals surface area contributed by atoms with Crippen molar-refractivity contribution in [2.45, 2.75) is 0 Å². The second-order valence-corrected chi connectivity index (χ2v) is 3.75. The largest absolute Gasteiger partial charge is 0.361 e. The second-order valence-electron chi connectivity index (χ2n) is 3.75. The van der Waals surface area contributed by atoms with Gasteiger partial charge >= 0.3 is 0 Å². The van der Waals surface area contributed by atoms with Crippen LogP contribution in [0.5, 0.6) is 0 Å². The molecule has 2 aliphatic heterocycles. The lowest BCUT2D eigenvalue weighted by atomic mass is 10.6. The van der Waals surface area contributed by atoms with Gasteiger partial charge in [0.2, 0.25) is 0 Å². The van der Waals surface area contributed by atoms with Crippen molar-refractivity contribution in [2.24, 2.45) is 0 Å². The van der Waals surface area contributed by atoms with Crippen LogP contribution in [0.2, 0.25) is 0 Å². The molecule has 0 aliphatic carbocycles. The van der Waals surface area contributed by atoms with Crippen LogP contribution in [-0.2, 0) is 0 Å². The Kier molecular flexibility index (Phi) is 2.11. The first kappa shape index (κ1) is 8.99. The molecule has 4 nitrogen and oxygen atoms in total. The molecule has 0 spiro atoms. The first-order valence-corrected chi connectivity index (χ1v) is 4.66. The molecule has 0 saturated carbocycles. The van der Waals surface area contributed by atoms with Gasteiger partial charge < -0.3 is 19.6 Å². The molecule has 76 valence electrons. The minimum absolute atomic E-state index is 0.882.